The van der Waals surface area contributed by atoms with E-state index < -0.39 is 10.0 Å². The molecule has 0 unspecified atom stereocenters. The normalized spacial score (nSPS) is 15.4. The van der Waals surface area contributed by atoms with Crippen LogP contribution in [0.3, 0.4) is 0 Å². The average Bonchev–Trinajstić information content (AvgIpc) is 3.35. The Labute approximate surface area is 173 Å². The molecule has 9 nitrogen and oxygen atoms in total. The molecular formula is C18H24N4O5S2. The molecule has 3 heterocycles. The number of sulfonamides is 1. The highest BCUT2D eigenvalue weighted by Gasteiger charge is 2.34. The molecule has 0 atom stereocenters. The molecule has 0 bridgehead atoms. The highest BCUT2D eigenvalue weighted by molar-refractivity contribution is 7.89. The van der Waals surface area contributed by atoms with E-state index in [2.05, 4.69) is 10.5 Å². The lowest BCUT2D eigenvalue weighted by Gasteiger charge is -2.34. The fraction of sp³-hybridized carbons (Fsp3) is 0.500. The minimum absolute atomic E-state index is 0.0373. The molecule has 0 aliphatic carbocycles. The van der Waals surface area contributed by atoms with Gasteiger partial charge in [-0.25, -0.2) is 8.42 Å². The van der Waals surface area contributed by atoms with Gasteiger partial charge < -0.3 is 14.7 Å². The molecule has 2 aromatic rings. The summed E-state index contributed by atoms with van der Waals surface area (Å²) in [7, 11) is -3.69. The lowest BCUT2D eigenvalue weighted by atomic mass is 10.2. The van der Waals surface area contributed by atoms with E-state index in [0.29, 0.717) is 43.0 Å². The lowest BCUT2D eigenvalue weighted by Crippen LogP contribution is -2.50. The summed E-state index contributed by atoms with van der Waals surface area (Å²) in [5.41, 5.74) is 0.339. The first-order valence-corrected chi connectivity index (χ1v) is 11.6. The molecule has 0 radical (unpaired) electrons. The first-order valence-electron chi connectivity index (χ1n) is 9.33. The SMILES string of the molecule is Cc1noc(C)c1S(=O)(=O)N1CCN(C(=O)CCCNC(=O)c2cccs2)CC1. The molecule has 0 saturated carbocycles. The molecule has 158 valence electrons. The molecule has 1 aliphatic heterocycles. The van der Waals surface area contributed by atoms with Crippen LogP contribution >= 0.6 is 11.3 Å². The second kappa shape index (κ2) is 9.06. The van der Waals surface area contributed by atoms with Crippen molar-refractivity contribution in [1.82, 2.24) is 19.7 Å². The summed E-state index contributed by atoms with van der Waals surface area (Å²) in [6, 6.07) is 3.57. The van der Waals surface area contributed by atoms with E-state index in [4.69, 9.17) is 4.52 Å². The van der Waals surface area contributed by atoms with Crippen molar-refractivity contribution in [1.29, 1.82) is 0 Å². The number of hydrogen-bond acceptors (Lipinski definition) is 7. The third-order valence-corrected chi connectivity index (χ3v) is 7.77. The van der Waals surface area contributed by atoms with Gasteiger partial charge in [0.05, 0.1) is 4.88 Å². The number of nitrogens with zero attached hydrogens (tertiary/aromatic N) is 3. The number of aromatic nitrogens is 1. The number of aryl methyl sites for hydroxylation is 2. The Morgan fingerprint density at radius 1 is 1.24 bits per heavy atom. The average molecular weight is 441 g/mol. The molecule has 2 aromatic heterocycles. The second-order valence-electron chi connectivity index (χ2n) is 6.77. The third kappa shape index (κ3) is 4.85. The highest BCUT2D eigenvalue weighted by Crippen LogP contribution is 2.24. The van der Waals surface area contributed by atoms with Crippen LogP contribution < -0.4 is 5.32 Å². The summed E-state index contributed by atoms with van der Waals surface area (Å²) in [4.78, 5) is 26.7. The maximum Gasteiger partial charge on any atom is 0.261 e. The zero-order valence-electron chi connectivity index (χ0n) is 16.4. The maximum atomic E-state index is 12.8. The van der Waals surface area contributed by atoms with Crippen LogP contribution in [0.1, 0.15) is 34.0 Å². The van der Waals surface area contributed by atoms with E-state index >= 15 is 0 Å². The summed E-state index contributed by atoms with van der Waals surface area (Å²) in [5, 5.41) is 8.35. The number of rotatable bonds is 7. The van der Waals surface area contributed by atoms with Crippen molar-refractivity contribution < 1.29 is 22.5 Å². The minimum Gasteiger partial charge on any atom is -0.360 e. The third-order valence-electron chi connectivity index (χ3n) is 4.76. The van der Waals surface area contributed by atoms with Crippen LogP contribution in [0.5, 0.6) is 0 Å². The topological polar surface area (TPSA) is 113 Å². The van der Waals surface area contributed by atoms with Gasteiger partial charge in [-0.05, 0) is 31.7 Å². The molecule has 1 fully saturated rings. The molecule has 3 rings (SSSR count). The van der Waals surface area contributed by atoms with Crippen molar-refractivity contribution in [3.05, 3.63) is 33.8 Å². The Morgan fingerprint density at radius 2 is 1.97 bits per heavy atom. The van der Waals surface area contributed by atoms with Gasteiger partial charge in [-0.15, -0.1) is 11.3 Å². The fourth-order valence-corrected chi connectivity index (χ4v) is 5.60. The van der Waals surface area contributed by atoms with Crippen molar-refractivity contribution in [3.63, 3.8) is 0 Å². The van der Waals surface area contributed by atoms with E-state index in [0.717, 1.165) is 0 Å². The number of amides is 2. The minimum atomic E-state index is -3.69. The zero-order chi connectivity index (χ0) is 21.0. The summed E-state index contributed by atoms with van der Waals surface area (Å²) >= 11 is 1.37. The van der Waals surface area contributed by atoms with Crippen LogP contribution in [0.2, 0.25) is 0 Å². The van der Waals surface area contributed by atoms with Gasteiger partial charge in [0.15, 0.2) is 5.76 Å². The number of hydrogen-bond donors (Lipinski definition) is 1. The second-order valence-corrected chi connectivity index (χ2v) is 9.60. The Hall–Kier alpha value is -2.24. The quantitative estimate of drug-likeness (QED) is 0.651. The Bertz CT molecular complexity index is 941. The first-order chi connectivity index (χ1) is 13.8. The van der Waals surface area contributed by atoms with Gasteiger partial charge in [-0.3, -0.25) is 9.59 Å². The molecule has 1 saturated heterocycles. The van der Waals surface area contributed by atoms with Gasteiger partial charge in [0.1, 0.15) is 10.6 Å². The monoisotopic (exact) mass is 440 g/mol. The summed E-state index contributed by atoms with van der Waals surface area (Å²) < 4.78 is 32.0. The predicted molar refractivity (Wildman–Crippen MR) is 107 cm³/mol. The first kappa shape index (κ1) is 21.5. The Kier molecular flexibility index (Phi) is 6.70. The van der Waals surface area contributed by atoms with E-state index in [-0.39, 0.29) is 35.6 Å². The fourth-order valence-electron chi connectivity index (χ4n) is 3.24. The van der Waals surface area contributed by atoms with Crippen LogP contribution in [0.4, 0.5) is 0 Å². The molecule has 29 heavy (non-hydrogen) atoms. The molecule has 1 aliphatic rings. The summed E-state index contributed by atoms with van der Waals surface area (Å²) in [6.45, 7) is 4.72. The van der Waals surface area contributed by atoms with Crippen LogP contribution in [0.15, 0.2) is 26.9 Å². The van der Waals surface area contributed by atoms with Crippen molar-refractivity contribution in [3.8, 4) is 0 Å². The number of piperazine rings is 1. The zero-order valence-corrected chi connectivity index (χ0v) is 18.0. The van der Waals surface area contributed by atoms with Crippen molar-refractivity contribution in [2.75, 3.05) is 32.7 Å². The van der Waals surface area contributed by atoms with E-state index in [1.165, 1.54) is 15.6 Å². The van der Waals surface area contributed by atoms with Gasteiger partial charge >= 0.3 is 0 Å². The van der Waals surface area contributed by atoms with E-state index in [9.17, 15) is 18.0 Å². The number of carbonyl (C=O) groups excluding carboxylic acids is 2. The van der Waals surface area contributed by atoms with Crippen LogP contribution in [-0.2, 0) is 14.8 Å². The molecule has 2 amide bonds. The largest absolute Gasteiger partial charge is 0.360 e. The van der Waals surface area contributed by atoms with E-state index in [1.807, 2.05) is 11.4 Å². The Morgan fingerprint density at radius 3 is 2.55 bits per heavy atom. The smallest absolute Gasteiger partial charge is 0.261 e. The van der Waals surface area contributed by atoms with Gasteiger partial charge in [-0.2, -0.15) is 4.31 Å². The van der Waals surface area contributed by atoms with Crippen molar-refractivity contribution in [2.24, 2.45) is 0 Å². The van der Waals surface area contributed by atoms with Gasteiger partial charge in [0.25, 0.3) is 5.91 Å². The molecule has 11 heteroatoms. The van der Waals surface area contributed by atoms with Crippen LogP contribution in [0, 0.1) is 13.8 Å². The number of carbonyl (C=O) groups is 2. The van der Waals surface area contributed by atoms with Crippen LogP contribution in [-0.4, -0.2) is 67.3 Å². The number of nitrogens with one attached hydrogen (secondary N) is 1. The standard InChI is InChI=1S/C18H24N4O5S2/c1-13-17(14(2)27-20-13)29(25,26)22-10-8-21(9-11-22)16(23)6-3-7-19-18(24)15-5-4-12-28-15/h4-5,12H,3,6-11H2,1-2H3,(H,19,24). The lowest BCUT2D eigenvalue weighted by molar-refractivity contribution is -0.132. The Balaban J connectivity index is 1.44. The number of thiophene rings is 1. The maximum absolute atomic E-state index is 12.8. The van der Waals surface area contributed by atoms with E-state index in [1.54, 1.807) is 24.8 Å². The molecule has 0 aromatic carbocycles. The molecule has 1 N–H and O–H groups in total. The summed E-state index contributed by atoms with van der Waals surface area (Å²) in [6.07, 6.45) is 0.842. The highest BCUT2D eigenvalue weighted by atomic mass is 32.2. The van der Waals surface area contributed by atoms with Gasteiger partial charge in [0.2, 0.25) is 15.9 Å². The van der Waals surface area contributed by atoms with Crippen LogP contribution in [0.25, 0.3) is 0 Å². The summed E-state index contributed by atoms with van der Waals surface area (Å²) in [5.74, 6) is 0.0981. The van der Waals surface area contributed by atoms with Gasteiger partial charge in [0, 0.05) is 39.1 Å². The van der Waals surface area contributed by atoms with Crippen molar-refractivity contribution >= 4 is 33.2 Å². The molecule has 0 spiro atoms. The van der Waals surface area contributed by atoms with Gasteiger partial charge in [-0.1, -0.05) is 11.2 Å². The molecular weight excluding hydrogens is 416 g/mol. The van der Waals surface area contributed by atoms with Crippen molar-refractivity contribution in [2.45, 2.75) is 31.6 Å². The predicted octanol–water partition coefficient (Wildman–Crippen LogP) is 1.40.